The minimum Gasteiger partial charge on any atom is -0.461 e. The van der Waals surface area contributed by atoms with Crippen LogP contribution in [0.1, 0.15) is 59.2 Å². The quantitative estimate of drug-likeness (QED) is 0.0765. The van der Waals surface area contributed by atoms with Crippen LogP contribution in [0.2, 0.25) is 0 Å². The van der Waals surface area contributed by atoms with E-state index in [1.54, 1.807) is 20.8 Å². The molecular weight excluding hydrogens is 681 g/mol. The van der Waals surface area contributed by atoms with E-state index in [0.717, 1.165) is 38.9 Å². The minimum absolute atomic E-state index is 0.213. The zero-order chi connectivity index (χ0) is 37.0. The fourth-order valence-electron chi connectivity index (χ4n) is 6.96. The Hall–Kier alpha value is -5.84. The summed E-state index contributed by atoms with van der Waals surface area (Å²) in [6.07, 6.45) is 1.90. The number of ether oxygens (including phenoxy) is 1. The van der Waals surface area contributed by atoms with Crippen LogP contribution in [-0.2, 0) is 22.4 Å². The number of carbonyl (C=O) groups excluding carboxylic acids is 1. The number of rotatable bonds is 12. The van der Waals surface area contributed by atoms with Gasteiger partial charge in [-0.2, -0.15) is 0 Å². The monoisotopic (exact) mass is 720 g/mol. The minimum atomic E-state index is -1.33. The number of aromatic nitrogens is 6. The fraction of sp³-hybridized carbons (Fsp3) is 0.186. The van der Waals surface area contributed by atoms with Crippen LogP contribution in [0.15, 0.2) is 145 Å². The summed E-state index contributed by atoms with van der Waals surface area (Å²) in [6.45, 7) is 5.58. The van der Waals surface area contributed by atoms with Crippen LogP contribution in [0.4, 0.5) is 0 Å². The molecule has 2 aromatic heterocycles. The predicted octanol–water partition coefficient (Wildman–Crippen LogP) is 8.22. The highest BCUT2D eigenvalue weighted by atomic mass is 32.2. The summed E-state index contributed by atoms with van der Waals surface area (Å²) in [5.74, 6) is 0.0979. The summed E-state index contributed by atoms with van der Waals surface area (Å²) in [7, 11) is 0. The second kappa shape index (κ2) is 15.0. The summed E-state index contributed by atoms with van der Waals surface area (Å²) in [5.41, 5.74) is 5.14. The number of esters is 1. The maximum Gasteiger partial charge on any atom is 0.357 e. The number of carbonyl (C=O) groups is 1. The van der Waals surface area contributed by atoms with Gasteiger partial charge < -0.3 is 14.4 Å². The average molecular weight is 721 g/mol. The third-order valence-corrected chi connectivity index (χ3v) is 9.98. The molecule has 2 heterocycles. The number of tetrazole rings is 1. The van der Waals surface area contributed by atoms with Gasteiger partial charge in [-0.3, -0.25) is 0 Å². The lowest BCUT2D eigenvalue weighted by molar-refractivity contribution is 0.0469. The van der Waals surface area contributed by atoms with Gasteiger partial charge in [0.15, 0.2) is 16.7 Å². The second-order valence-electron chi connectivity index (χ2n) is 13.1. The topological polar surface area (TPSA) is 108 Å². The summed E-state index contributed by atoms with van der Waals surface area (Å²) < 4.78 is 9.17. The number of thioether (sulfide) groups is 1. The van der Waals surface area contributed by atoms with E-state index >= 15 is 0 Å². The van der Waals surface area contributed by atoms with Crippen LogP contribution in [0.3, 0.4) is 0 Å². The van der Waals surface area contributed by atoms with Crippen LogP contribution in [0, 0.1) is 0 Å². The molecule has 7 aromatic rings. The van der Waals surface area contributed by atoms with Gasteiger partial charge in [-0.15, -0.1) is 5.10 Å². The number of hydrogen-bond acceptors (Lipinski definition) is 8. The van der Waals surface area contributed by atoms with Gasteiger partial charge in [-0.1, -0.05) is 151 Å². The maximum absolute atomic E-state index is 13.2. The van der Waals surface area contributed by atoms with Crippen molar-refractivity contribution in [3.63, 3.8) is 0 Å². The molecule has 0 unspecified atom stereocenters. The molecule has 5 aromatic carbocycles. The normalized spacial score (nSPS) is 11.8. The second-order valence-corrected chi connectivity index (χ2v) is 13.9. The smallest absolute Gasteiger partial charge is 0.357 e. The molecule has 0 bridgehead atoms. The number of nitrogens with zero attached hydrogens (tertiary/aromatic N) is 6. The van der Waals surface area contributed by atoms with Crippen LogP contribution in [0.25, 0.3) is 22.5 Å². The molecule has 0 amide bonds. The molecule has 0 aliphatic heterocycles. The van der Waals surface area contributed by atoms with Gasteiger partial charge in [0.25, 0.3) is 0 Å². The van der Waals surface area contributed by atoms with Crippen molar-refractivity contribution in [1.29, 1.82) is 0 Å². The van der Waals surface area contributed by atoms with Gasteiger partial charge in [0.05, 0.1) is 13.2 Å². The van der Waals surface area contributed by atoms with Gasteiger partial charge in [-0.25, -0.2) is 14.5 Å². The molecule has 1 N–H and O–H groups in total. The number of imidazole rings is 1. The van der Waals surface area contributed by atoms with Gasteiger partial charge in [-0.05, 0) is 70.8 Å². The van der Waals surface area contributed by atoms with Crippen molar-refractivity contribution in [2.24, 2.45) is 0 Å². The van der Waals surface area contributed by atoms with Crippen molar-refractivity contribution in [2.75, 3.05) is 12.9 Å². The van der Waals surface area contributed by atoms with Crippen LogP contribution < -0.4 is 0 Å². The Morgan fingerprint density at radius 3 is 1.79 bits per heavy atom. The first-order valence-corrected chi connectivity index (χ1v) is 18.7. The Bertz CT molecular complexity index is 2220. The van der Waals surface area contributed by atoms with Crippen molar-refractivity contribution in [3.05, 3.63) is 173 Å². The molecule has 9 nitrogen and oxygen atoms in total. The lowest BCUT2D eigenvalue weighted by atomic mass is 9.77. The van der Waals surface area contributed by atoms with Crippen LogP contribution >= 0.6 is 11.8 Å². The largest absolute Gasteiger partial charge is 0.461 e. The third kappa shape index (κ3) is 6.67. The Balaban J connectivity index is 1.33. The molecule has 0 aliphatic carbocycles. The van der Waals surface area contributed by atoms with Crippen LogP contribution in [0.5, 0.6) is 0 Å². The molecule has 0 saturated heterocycles. The van der Waals surface area contributed by atoms with E-state index in [1.807, 2.05) is 94.4 Å². The first kappa shape index (κ1) is 35.6. The van der Waals surface area contributed by atoms with Crippen molar-refractivity contribution >= 4 is 17.7 Å². The van der Waals surface area contributed by atoms with Crippen molar-refractivity contribution in [2.45, 2.75) is 43.6 Å². The van der Waals surface area contributed by atoms with Gasteiger partial charge in [0, 0.05) is 5.56 Å². The number of benzene rings is 5. The van der Waals surface area contributed by atoms with Gasteiger partial charge in [0.1, 0.15) is 16.8 Å². The Morgan fingerprint density at radius 1 is 0.755 bits per heavy atom. The SMILES string of the molecule is CCOC(=O)c1c(C(C)(C)O)nc(SC)n1Cc1ccc(-c2ccccc2-c2nnnn2C(c2ccccc2)(c2ccccc2)c2ccccc2)cc1. The zero-order valence-corrected chi connectivity index (χ0v) is 30.9. The van der Waals surface area contributed by atoms with E-state index < -0.39 is 17.1 Å². The lowest BCUT2D eigenvalue weighted by Crippen LogP contribution is -2.39. The molecule has 0 radical (unpaired) electrons. The summed E-state index contributed by atoms with van der Waals surface area (Å²) in [4.78, 5) is 17.8. The Morgan fingerprint density at radius 2 is 1.28 bits per heavy atom. The van der Waals surface area contributed by atoms with Crippen LogP contribution in [-0.4, -0.2) is 53.7 Å². The van der Waals surface area contributed by atoms with Gasteiger partial charge in [0.2, 0.25) is 0 Å². The van der Waals surface area contributed by atoms with Gasteiger partial charge >= 0.3 is 5.97 Å². The summed E-state index contributed by atoms with van der Waals surface area (Å²) in [5, 5.41) is 25.3. The summed E-state index contributed by atoms with van der Waals surface area (Å²) >= 11 is 1.41. The van der Waals surface area contributed by atoms with Crippen molar-refractivity contribution in [1.82, 2.24) is 29.8 Å². The van der Waals surface area contributed by atoms with E-state index in [1.165, 1.54) is 11.8 Å². The van der Waals surface area contributed by atoms with E-state index in [0.29, 0.717) is 23.2 Å². The predicted molar refractivity (Wildman–Crippen MR) is 208 cm³/mol. The fourth-order valence-corrected chi connectivity index (χ4v) is 7.51. The molecule has 10 heteroatoms. The molecule has 0 aliphatic rings. The molecule has 0 atom stereocenters. The third-order valence-electron chi connectivity index (χ3n) is 9.30. The molecule has 0 fully saturated rings. The highest BCUT2D eigenvalue weighted by Gasteiger charge is 2.42. The lowest BCUT2D eigenvalue weighted by Gasteiger charge is -2.36. The summed E-state index contributed by atoms with van der Waals surface area (Å²) in [6, 6.07) is 47.4. The highest BCUT2D eigenvalue weighted by Crippen LogP contribution is 2.43. The standard InChI is InChI=1S/C43H40N6O3S/c1-5-52-40(50)37-38(42(2,3)51)44-41(53-4)48(37)29-30-25-27-31(28-26-30)35-23-15-16-24-36(35)39-45-46-47-49(39)43(32-17-9-6-10-18-32,33-19-11-7-12-20-33)34-21-13-8-14-22-34/h6-28,51H,5,29H2,1-4H3. The maximum atomic E-state index is 13.2. The molecule has 7 rings (SSSR count). The number of hydrogen-bond donors (Lipinski definition) is 1. The Kier molecular flexibility index (Phi) is 10.1. The zero-order valence-electron chi connectivity index (χ0n) is 30.0. The van der Waals surface area contributed by atoms with Crippen molar-refractivity contribution < 1.29 is 14.6 Å². The first-order valence-electron chi connectivity index (χ1n) is 17.5. The molecular formula is C43H40N6O3S. The van der Waals surface area contributed by atoms with Crippen molar-refractivity contribution in [3.8, 4) is 22.5 Å². The molecule has 0 spiro atoms. The highest BCUT2D eigenvalue weighted by molar-refractivity contribution is 7.98. The Labute approximate surface area is 313 Å². The average Bonchev–Trinajstić information content (AvgIpc) is 3.83. The molecule has 53 heavy (non-hydrogen) atoms. The van der Waals surface area contributed by atoms with E-state index in [4.69, 9.17) is 15.0 Å². The van der Waals surface area contributed by atoms with E-state index in [9.17, 15) is 9.90 Å². The molecule has 0 saturated carbocycles. The molecule has 266 valence electrons. The first-order chi connectivity index (χ1) is 25.8. The van der Waals surface area contributed by atoms with E-state index in [2.05, 4.69) is 70.9 Å². The number of aliphatic hydroxyl groups is 1. The van der Waals surface area contributed by atoms with E-state index in [-0.39, 0.29) is 12.3 Å².